The predicted octanol–water partition coefficient (Wildman–Crippen LogP) is 5.13. The fourth-order valence-corrected chi connectivity index (χ4v) is 6.07. The molecule has 7 rings (SSSR count). The number of nitrogens with zero attached hydrogens (tertiary/aromatic N) is 2. The highest BCUT2D eigenvalue weighted by Gasteiger charge is 2.20. The second-order valence-corrected chi connectivity index (χ2v) is 11.9. The second kappa shape index (κ2) is 13.1. The minimum atomic E-state index is -0.281. The molecule has 0 atom stereocenters. The first kappa shape index (κ1) is 30.2. The number of carbonyl (C=O) groups excluding carboxylic acids is 2. The molecule has 1 aromatic heterocycles. The van der Waals surface area contributed by atoms with Crippen LogP contribution in [-0.2, 0) is 24.3 Å². The lowest BCUT2D eigenvalue weighted by Crippen LogP contribution is -2.25. The van der Waals surface area contributed by atoms with Crippen LogP contribution in [0.15, 0.2) is 88.8 Å². The average Bonchev–Trinajstić information content (AvgIpc) is 3.76. The van der Waals surface area contributed by atoms with Crippen LogP contribution >= 0.6 is 11.8 Å². The van der Waals surface area contributed by atoms with E-state index in [-0.39, 0.29) is 43.3 Å². The number of aryl methyl sites for hydroxylation is 1. The lowest BCUT2D eigenvalue weighted by Gasteiger charge is -2.14. The highest BCUT2D eigenvalue weighted by atomic mass is 32.2. The molecule has 0 unspecified atom stereocenters. The number of carbonyl (C=O) groups is 2. The molecule has 5 aromatic rings. The Hall–Kier alpha value is -5.49. The normalized spacial score (nSPS) is 12.7. The van der Waals surface area contributed by atoms with E-state index >= 15 is 0 Å². The molecular weight excluding hydrogens is 620 g/mol. The van der Waals surface area contributed by atoms with E-state index in [0.717, 1.165) is 17.5 Å². The van der Waals surface area contributed by atoms with Gasteiger partial charge in [0.1, 0.15) is 0 Å². The van der Waals surface area contributed by atoms with Crippen molar-refractivity contribution in [3.63, 3.8) is 0 Å². The van der Waals surface area contributed by atoms with Gasteiger partial charge in [-0.3, -0.25) is 19.0 Å². The van der Waals surface area contributed by atoms with Gasteiger partial charge in [0.05, 0.1) is 23.2 Å². The van der Waals surface area contributed by atoms with Crippen molar-refractivity contribution in [3.8, 4) is 23.0 Å². The van der Waals surface area contributed by atoms with E-state index in [2.05, 4.69) is 17.6 Å². The highest BCUT2D eigenvalue weighted by Crippen LogP contribution is 2.35. The van der Waals surface area contributed by atoms with Gasteiger partial charge >= 0.3 is 0 Å². The van der Waals surface area contributed by atoms with Gasteiger partial charge in [0, 0.05) is 23.9 Å². The Kier molecular flexibility index (Phi) is 8.40. The number of rotatable bonds is 10. The topological polar surface area (TPSA) is 130 Å². The molecule has 0 spiro atoms. The maximum absolute atomic E-state index is 13.8. The number of amides is 2. The Morgan fingerprint density at radius 2 is 1.47 bits per heavy atom. The Morgan fingerprint density at radius 3 is 2.21 bits per heavy atom. The van der Waals surface area contributed by atoms with E-state index in [1.807, 2.05) is 42.5 Å². The lowest BCUT2D eigenvalue weighted by molar-refractivity contribution is -0.113. The van der Waals surface area contributed by atoms with Gasteiger partial charge in [-0.15, -0.1) is 0 Å². The van der Waals surface area contributed by atoms with Crippen LogP contribution in [0, 0.1) is 0 Å². The van der Waals surface area contributed by atoms with Crippen LogP contribution in [0.25, 0.3) is 10.9 Å². The summed E-state index contributed by atoms with van der Waals surface area (Å²) < 4.78 is 23.3. The van der Waals surface area contributed by atoms with Gasteiger partial charge < -0.3 is 29.6 Å². The molecule has 0 saturated carbocycles. The van der Waals surface area contributed by atoms with Crippen LogP contribution in [0.4, 0.5) is 5.69 Å². The number of anilines is 1. The van der Waals surface area contributed by atoms with E-state index in [9.17, 15) is 14.4 Å². The van der Waals surface area contributed by atoms with Crippen molar-refractivity contribution in [2.24, 2.45) is 0 Å². The molecule has 238 valence electrons. The summed E-state index contributed by atoms with van der Waals surface area (Å²) >= 11 is 1.17. The number of thioether (sulfide) groups is 1. The van der Waals surface area contributed by atoms with E-state index in [4.69, 9.17) is 23.9 Å². The molecule has 2 N–H and O–H groups in total. The van der Waals surface area contributed by atoms with Crippen molar-refractivity contribution in [1.82, 2.24) is 14.9 Å². The highest BCUT2D eigenvalue weighted by molar-refractivity contribution is 7.99. The standard InChI is InChI=1S/C35H30N4O7S/c1-2-21-5-10-25(11-6-21)37-32(40)18-47-35-38-27-15-31-30(45-20-46-31)14-26(27)34(42)39(35)17-22-3-8-24(9-4-22)33(41)36-16-23-7-12-28-29(13-23)44-19-43-28/h3-15H,2,16-20H2,1H3,(H,36,41)(H,37,40). The van der Waals surface area contributed by atoms with Gasteiger partial charge in [0.2, 0.25) is 19.5 Å². The molecule has 0 saturated heterocycles. The third-order valence-electron chi connectivity index (χ3n) is 7.84. The van der Waals surface area contributed by atoms with Gasteiger partial charge in [-0.05, 0) is 65.6 Å². The minimum absolute atomic E-state index is 0.0422. The third kappa shape index (κ3) is 6.59. The Balaban J connectivity index is 1.08. The SMILES string of the molecule is CCc1ccc(NC(=O)CSc2nc3cc4c(cc3c(=O)n2Cc2ccc(C(=O)NCc3ccc5c(c3)OCO5)cc2)OCO4)cc1. The number of aromatic nitrogens is 2. The third-order valence-corrected chi connectivity index (χ3v) is 8.82. The molecule has 2 aliphatic heterocycles. The first-order valence-corrected chi connectivity index (χ1v) is 16.0. The number of hydrogen-bond donors (Lipinski definition) is 2. The zero-order chi connectivity index (χ0) is 32.3. The Bertz CT molecular complexity index is 2050. The molecule has 2 aliphatic rings. The monoisotopic (exact) mass is 650 g/mol. The van der Waals surface area contributed by atoms with Gasteiger partial charge in [-0.1, -0.05) is 49.0 Å². The molecular formula is C35H30N4O7S. The van der Waals surface area contributed by atoms with E-state index < -0.39 is 0 Å². The lowest BCUT2D eigenvalue weighted by atomic mass is 10.1. The van der Waals surface area contributed by atoms with Crippen LogP contribution in [0.2, 0.25) is 0 Å². The van der Waals surface area contributed by atoms with Crippen molar-refractivity contribution >= 4 is 40.2 Å². The van der Waals surface area contributed by atoms with Crippen molar-refractivity contribution in [2.45, 2.75) is 31.6 Å². The van der Waals surface area contributed by atoms with Crippen LogP contribution < -0.4 is 35.1 Å². The van der Waals surface area contributed by atoms with Crippen LogP contribution in [0.1, 0.15) is 34.0 Å². The van der Waals surface area contributed by atoms with Crippen molar-refractivity contribution in [1.29, 1.82) is 0 Å². The minimum Gasteiger partial charge on any atom is -0.454 e. The molecule has 0 fully saturated rings. The number of ether oxygens (including phenoxy) is 4. The summed E-state index contributed by atoms with van der Waals surface area (Å²) in [5.41, 5.74) is 4.19. The summed E-state index contributed by atoms with van der Waals surface area (Å²) in [5.74, 6) is 1.92. The average molecular weight is 651 g/mol. The zero-order valence-corrected chi connectivity index (χ0v) is 26.2. The van der Waals surface area contributed by atoms with Crippen molar-refractivity contribution < 1.29 is 28.5 Å². The van der Waals surface area contributed by atoms with Crippen LogP contribution in [0.3, 0.4) is 0 Å². The molecule has 2 amide bonds. The Morgan fingerprint density at radius 1 is 0.809 bits per heavy atom. The van der Waals surface area contributed by atoms with E-state index in [0.29, 0.717) is 56.9 Å². The number of fused-ring (bicyclic) bond motifs is 3. The zero-order valence-electron chi connectivity index (χ0n) is 25.4. The largest absolute Gasteiger partial charge is 0.454 e. The van der Waals surface area contributed by atoms with Crippen molar-refractivity contribution in [3.05, 3.63) is 111 Å². The second-order valence-electron chi connectivity index (χ2n) is 11.0. The van der Waals surface area contributed by atoms with Crippen LogP contribution in [0.5, 0.6) is 23.0 Å². The molecule has 0 bridgehead atoms. The van der Waals surface area contributed by atoms with Gasteiger partial charge in [-0.25, -0.2) is 4.98 Å². The first-order chi connectivity index (χ1) is 22.9. The molecule has 4 aromatic carbocycles. The molecule has 0 radical (unpaired) electrons. The van der Waals surface area contributed by atoms with Crippen molar-refractivity contribution in [2.75, 3.05) is 24.7 Å². The Labute approximate surface area is 273 Å². The quantitative estimate of drug-likeness (QED) is 0.156. The maximum atomic E-state index is 13.8. The molecule has 0 aliphatic carbocycles. The first-order valence-electron chi connectivity index (χ1n) is 15.0. The summed E-state index contributed by atoms with van der Waals surface area (Å²) in [6.45, 7) is 2.83. The molecule has 3 heterocycles. The molecule has 47 heavy (non-hydrogen) atoms. The fourth-order valence-electron chi connectivity index (χ4n) is 5.27. The summed E-state index contributed by atoms with van der Waals surface area (Å²) in [5, 5.41) is 6.58. The number of benzene rings is 4. The van der Waals surface area contributed by atoms with E-state index in [1.165, 1.54) is 21.9 Å². The van der Waals surface area contributed by atoms with E-state index in [1.54, 1.807) is 36.4 Å². The summed E-state index contributed by atoms with van der Waals surface area (Å²) in [6, 6.07) is 23.6. The summed E-state index contributed by atoms with van der Waals surface area (Å²) in [6.07, 6.45) is 0.911. The molecule has 11 nitrogen and oxygen atoms in total. The van der Waals surface area contributed by atoms with Gasteiger partial charge in [0.15, 0.2) is 28.2 Å². The fraction of sp³-hybridized carbons (Fsp3) is 0.200. The van der Waals surface area contributed by atoms with Gasteiger partial charge in [0.25, 0.3) is 11.5 Å². The van der Waals surface area contributed by atoms with Gasteiger partial charge in [-0.2, -0.15) is 0 Å². The maximum Gasteiger partial charge on any atom is 0.262 e. The number of hydrogen-bond acceptors (Lipinski definition) is 9. The molecule has 12 heteroatoms. The summed E-state index contributed by atoms with van der Waals surface area (Å²) in [7, 11) is 0. The number of nitrogens with one attached hydrogen (secondary N) is 2. The summed E-state index contributed by atoms with van der Waals surface area (Å²) in [4.78, 5) is 44.4. The smallest absolute Gasteiger partial charge is 0.262 e. The van der Waals surface area contributed by atoms with Crippen LogP contribution in [-0.4, -0.2) is 40.7 Å². The predicted molar refractivity (Wildman–Crippen MR) is 177 cm³/mol.